The molecule has 0 aliphatic heterocycles. The van der Waals surface area contributed by atoms with Gasteiger partial charge in [0, 0.05) is 11.1 Å². The Morgan fingerprint density at radius 1 is 0.810 bits per heavy atom. The topological polar surface area (TPSA) is 49.6 Å². The largest absolute Gasteiger partial charge is 0.235 e. The Kier molecular flexibility index (Phi) is 3.40. The lowest BCUT2D eigenvalue weighted by atomic mass is 10.1. The zero-order valence-electron chi connectivity index (χ0n) is 11.0. The average Bonchev–Trinajstić information content (AvgIpc) is 2.55. The van der Waals surface area contributed by atoms with Crippen LogP contribution in [-0.4, -0.2) is 9.97 Å². The average molecular weight is 275 g/mol. The summed E-state index contributed by atoms with van der Waals surface area (Å²) < 4.78 is 14.1. The molecule has 0 saturated heterocycles. The van der Waals surface area contributed by atoms with Crippen molar-refractivity contribution in [2.24, 2.45) is 0 Å². The van der Waals surface area contributed by atoms with Gasteiger partial charge in [0.15, 0.2) is 5.82 Å². The van der Waals surface area contributed by atoms with Crippen molar-refractivity contribution in [3.05, 3.63) is 72.2 Å². The first-order chi connectivity index (χ1) is 10.3. The molecule has 0 fully saturated rings. The molecule has 0 atom stereocenters. The summed E-state index contributed by atoms with van der Waals surface area (Å²) in [7, 11) is 0. The second kappa shape index (κ2) is 5.51. The summed E-state index contributed by atoms with van der Waals surface area (Å²) in [6.07, 6.45) is 0. The Morgan fingerprint density at radius 3 is 1.95 bits per heavy atom. The lowest BCUT2D eigenvalue weighted by Crippen LogP contribution is -2.01. The van der Waals surface area contributed by atoms with Gasteiger partial charge < -0.3 is 0 Å². The van der Waals surface area contributed by atoms with Crippen molar-refractivity contribution in [1.29, 1.82) is 5.26 Å². The minimum atomic E-state index is -0.801. The predicted octanol–water partition coefficient (Wildman–Crippen LogP) is 3.82. The SMILES string of the molecule is N#Cc1c(F)nc(-c2ccccc2)nc1-c1ccccc1. The van der Waals surface area contributed by atoms with Gasteiger partial charge in [-0.3, -0.25) is 0 Å². The van der Waals surface area contributed by atoms with E-state index < -0.39 is 5.95 Å². The van der Waals surface area contributed by atoms with Crippen LogP contribution in [0.5, 0.6) is 0 Å². The van der Waals surface area contributed by atoms with Crippen LogP contribution < -0.4 is 0 Å². The number of halogens is 1. The van der Waals surface area contributed by atoms with Crippen molar-refractivity contribution in [2.45, 2.75) is 0 Å². The molecule has 4 heteroatoms. The Morgan fingerprint density at radius 2 is 1.38 bits per heavy atom. The van der Waals surface area contributed by atoms with Gasteiger partial charge in [0.1, 0.15) is 11.6 Å². The standard InChI is InChI=1S/C17H10FN3/c18-16-14(11-19)15(12-7-3-1-4-8-12)20-17(21-16)13-9-5-2-6-10-13/h1-10H. The molecule has 3 aromatic rings. The molecule has 0 aliphatic rings. The zero-order chi connectivity index (χ0) is 14.7. The minimum Gasteiger partial charge on any atom is -0.226 e. The van der Waals surface area contributed by atoms with Crippen LogP contribution in [0.3, 0.4) is 0 Å². The molecule has 0 unspecified atom stereocenters. The molecule has 0 spiro atoms. The third-order valence-corrected chi connectivity index (χ3v) is 3.06. The molecule has 21 heavy (non-hydrogen) atoms. The molecule has 3 rings (SSSR count). The highest BCUT2D eigenvalue weighted by atomic mass is 19.1. The van der Waals surface area contributed by atoms with Gasteiger partial charge in [0.2, 0.25) is 5.95 Å². The molecule has 100 valence electrons. The van der Waals surface area contributed by atoms with Crippen molar-refractivity contribution < 1.29 is 4.39 Å². The number of benzene rings is 2. The van der Waals surface area contributed by atoms with Crippen LogP contribution in [0.2, 0.25) is 0 Å². The van der Waals surface area contributed by atoms with Crippen LogP contribution >= 0.6 is 0 Å². The first kappa shape index (κ1) is 12.9. The summed E-state index contributed by atoms with van der Waals surface area (Å²) in [5.74, 6) is -0.531. The van der Waals surface area contributed by atoms with Crippen molar-refractivity contribution in [1.82, 2.24) is 9.97 Å². The van der Waals surface area contributed by atoms with Crippen molar-refractivity contribution >= 4 is 0 Å². The second-order valence-corrected chi connectivity index (χ2v) is 4.41. The monoisotopic (exact) mass is 275 g/mol. The summed E-state index contributed by atoms with van der Waals surface area (Å²) in [5, 5.41) is 9.15. The van der Waals surface area contributed by atoms with E-state index in [9.17, 15) is 4.39 Å². The number of aromatic nitrogens is 2. The highest BCUT2D eigenvalue weighted by molar-refractivity contribution is 5.69. The van der Waals surface area contributed by atoms with Crippen molar-refractivity contribution in [3.8, 4) is 28.7 Å². The highest BCUT2D eigenvalue weighted by Gasteiger charge is 2.16. The van der Waals surface area contributed by atoms with Gasteiger partial charge in [0.25, 0.3) is 0 Å². The van der Waals surface area contributed by atoms with Crippen molar-refractivity contribution in [3.63, 3.8) is 0 Å². The quantitative estimate of drug-likeness (QED) is 0.668. The predicted molar refractivity (Wildman–Crippen MR) is 77.6 cm³/mol. The molecule has 0 saturated carbocycles. The Bertz CT molecular complexity index is 809. The molecular formula is C17H10FN3. The minimum absolute atomic E-state index is 0.138. The molecule has 1 aromatic heterocycles. The maximum atomic E-state index is 14.1. The molecule has 1 heterocycles. The van der Waals surface area contributed by atoms with Gasteiger partial charge in [-0.25, -0.2) is 4.98 Å². The first-order valence-electron chi connectivity index (χ1n) is 6.38. The molecular weight excluding hydrogens is 265 g/mol. The molecule has 0 aliphatic carbocycles. The van der Waals surface area contributed by atoms with Gasteiger partial charge in [0.05, 0.1) is 5.69 Å². The fraction of sp³-hybridized carbons (Fsp3) is 0. The van der Waals surface area contributed by atoms with E-state index in [1.807, 2.05) is 42.5 Å². The number of rotatable bonds is 2. The smallest absolute Gasteiger partial charge is 0.226 e. The third-order valence-electron chi connectivity index (χ3n) is 3.06. The van der Waals surface area contributed by atoms with Gasteiger partial charge in [-0.2, -0.15) is 14.6 Å². The molecule has 0 amide bonds. The maximum absolute atomic E-state index is 14.1. The van der Waals surface area contributed by atoms with Gasteiger partial charge in [-0.05, 0) is 0 Å². The second-order valence-electron chi connectivity index (χ2n) is 4.41. The van der Waals surface area contributed by atoms with Gasteiger partial charge in [-0.1, -0.05) is 60.7 Å². The van der Waals surface area contributed by atoms with E-state index in [-0.39, 0.29) is 11.4 Å². The van der Waals surface area contributed by atoms with E-state index in [1.165, 1.54) is 0 Å². The van der Waals surface area contributed by atoms with Gasteiger partial charge >= 0.3 is 0 Å². The number of nitrogens with zero attached hydrogens (tertiary/aromatic N) is 3. The van der Waals surface area contributed by atoms with Crippen molar-refractivity contribution in [2.75, 3.05) is 0 Å². The van der Waals surface area contributed by atoms with Crippen LogP contribution in [0.15, 0.2) is 60.7 Å². The highest BCUT2D eigenvalue weighted by Crippen LogP contribution is 2.25. The number of nitriles is 1. The van der Waals surface area contributed by atoms with E-state index in [4.69, 9.17) is 5.26 Å². The van der Waals surface area contributed by atoms with E-state index >= 15 is 0 Å². The summed E-state index contributed by atoms with van der Waals surface area (Å²) in [6, 6.07) is 20.0. The number of hydrogen-bond acceptors (Lipinski definition) is 3. The third kappa shape index (κ3) is 2.49. The maximum Gasteiger partial charge on any atom is 0.235 e. The van der Waals surface area contributed by atoms with E-state index in [1.54, 1.807) is 24.3 Å². The van der Waals surface area contributed by atoms with E-state index in [2.05, 4.69) is 9.97 Å². The van der Waals surface area contributed by atoms with Crippen LogP contribution in [0.4, 0.5) is 4.39 Å². The Hall–Kier alpha value is -3.06. The zero-order valence-corrected chi connectivity index (χ0v) is 11.0. The Labute approximate surface area is 121 Å². The first-order valence-corrected chi connectivity index (χ1v) is 6.38. The van der Waals surface area contributed by atoms with Crippen LogP contribution in [-0.2, 0) is 0 Å². The number of hydrogen-bond donors (Lipinski definition) is 0. The molecule has 0 N–H and O–H groups in total. The lowest BCUT2D eigenvalue weighted by Gasteiger charge is -2.07. The van der Waals surface area contributed by atoms with Crippen LogP contribution in [0.1, 0.15) is 5.56 Å². The molecule has 0 bridgehead atoms. The Balaban J connectivity index is 2.24. The van der Waals surface area contributed by atoms with Crippen LogP contribution in [0.25, 0.3) is 22.6 Å². The fourth-order valence-electron chi connectivity index (χ4n) is 2.05. The normalized spacial score (nSPS) is 10.1. The molecule has 3 nitrogen and oxygen atoms in total. The lowest BCUT2D eigenvalue weighted by molar-refractivity contribution is 0.578. The summed E-state index contributed by atoms with van der Waals surface area (Å²) >= 11 is 0. The van der Waals surface area contributed by atoms with E-state index in [0.717, 1.165) is 0 Å². The van der Waals surface area contributed by atoms with E-state index in [0.29, 0.717) is 16.8 Å². The summed E-state index contributed by atoms with van der Waals surface area (Å²) in [6.45, 7) is 0. The van der Waals surface area contributed by atoms with Gasteiger partial charge in [-0.15, -0.1) is 0 Å². The summed E-state index contributed by atoms with van der Waals surface area (Å²) in [4.78, 5) is 8.17. The molecule has 0 radical (unpaired) electrons. The molecule has 2 aromatic carbocycles. The fourth-order valence-corrected chi connectivity index (χ4v) is 2.05. The summed E-state index contributed by atoms with van der Waals surface area (Å²) in [5.41, 5.74) is 1.57. The van der Waals surface area contributed by atoms with Crippen LogP contribution in [0, 0.1) is 17.3 Å².